The molecular formula is C18H22N2O3S. The van der Waals surface area contributed by atoms with E-state index in [1.54, 1.807) is 13.0 Å². The second-order valence-corrected chi connectivity index (χ2v) is 7.68. The first kappa shape index (κ1) is 18.2. The lowest BCUT2D eigenvalue weighted by molar-refractivity contribution is 0.0942. The van der Waals surface area contributed by atoms with Crippen LogP contribution >= 0.6 is 0 Å². The van der Waals surface area contributed by atoms with Gasteiger partial charge in [-0.3, -0.25) is 4.79 Å². The van der Waals surface area contributed by atoms with Crippen molar-refractivity contribution < 1.29 is 13.2 Å². The van der Waals surface area contributed by atoms with Crippen molar-refractivity contribution in [3.05, 3.63) is 65.2 Å². The van der Waals surface area contributed by atoms with Crippen molar-refractivity contribution in [2.24, 2.45) is 0 Å². The SMILES string of the molecule is Cc1ccc(S(=O)(=O)NCc2ccccc2)cc1C(=O)NC(C)C. The minimum absolute atomic E-state index is 0.0200. The highest BCUT2D eigenvalue weighted by atomic mass is 32.2. The van der Waals surface area contributed by atoms with E-state index in [2.05, 4.69) is 10.0 Å². The van der Waals surface area contributed by atoms with Crippen molar-refractivity contribution in [2.75, 3.05) is 0 Å². The molecular weight excluding hydrogens is 324 g/mol. The van der Waals surface area contributed by atoms with Crippen LogP contribution in [0.25, 0.3) is 0 Å². The molecule has 0 aromatic heterocycles. The Bertz CT molecular complexity index is 815. The van der Waals surface area contributed by atoms with E-state index in [1.165, 1.54) is 12.1 Å². The molecule has 0 aliphatic rings. The number of rotatable bonds is 6. The molecule has 0 aliphatic carbocycles. The zero-order chi connectivity index (χ0) is 17.7. The van der Waals surface area contributed by atoms with Crippen molar-refractivity contribution in [3.63, 3.8) is 0 Å². The Morgan fingerprint density at radius 3 is 2.38 bits per heavy atom. The van der Waals surface area contributed by atoms with Gasteiger partial charge in [0.1, 0.15) is 0 Å². The maximum atomic E-state index is 12.5. The molecule has 6 heteroatoms. The van der Waals surface area contributed by atoms with Crippen molar-refractivity contribution in [1.82, 2.24) is 10.0 Å². The first-order chi connectivity index (χ1) is 11.3. The molecule has 24 heavy (non-hydrogen) atoms. The number of hydrogen-bond donors (Lipinski definition) is 2. The van der Waals surface area contributed by atoms with Crippen molar-refractivity contribution in [2.45, 2.75) is 38.3 Å². The fourth-order valence-electron chi connectivity index (χ4n) is 2.21. The summed E-state index contributed by atoms with van der Waals surface area (Å²) in [5.74, 6) is -0.275. The van der Waals surface area contributed by atoms with E-state index < -0.39 is 10.0 Å². The summed E-state index contributed by atoms with van der Waals surface area (Å²) in [7, 11) is -3.69. The van der Waals surface area contributed by atoms with E-state index in [4.69, 9.17) is 0 Å². The topological polar surface area (TPSA) is 75.3 Å². The molecule has 2 N–H and O–H groups in total. The lowest BCUT2D eigenvalue weighted by atomic mass is 10.1. The minimum atomic E-state index is -3.69. The van der Waals surface area contributed by atoms with Crippen LogP contribution in [0.4, 0.5) is 0 Å². The average molecular weight is 346 g/mol. The fourth-order valence-corrected chi connectivity index (χ4v) is 3.25. The largest absolute Gasteiger partial charge is 0.350 e. The summed E-state index contributed by atoms with van der Waals surface area (Å²) in [5, 5.41) is 2.78. The average Bonchev–Trinajstić information content (AvgIpc) is 2.53. The van der Waals surface area contributed by atoms with Crippen molar-refractivity contribution in [1.29, 1.82) is 0 Å². The highest BCUT2D eigenvalue weighted by molar-refractivity contribution is 7.89. The third kappa shape index (κ3) is 4.66. The summed E-state index contributed by atoms with van der Waals surface area (Å²) >= 11 is 0. The van der Waals surface area contributed by atoms with Gasteiger partial charge in [-0.2, -0.15) is 0 Å². The molecule has 128 valence electrons. The minimum Gasteiger partial charge on any atom is -0.350 e. The number of hydrogen-bond acceptors (Lipinski definition) is 3. The first-order valence-electron chi connectivity index (χ1n) is 7.74. The fraction of sp³-hybridized carbons (Fsp3) is 0.278. The first-order valence-corrected chi connectivity index (χ1v) is 9.23. The van der Waals surface area contributed by atoms with Crippen LogP contribution in [0, 0.1) is 6.92 Å². The smallest absolute Gasteiger partial charge is 0.251 e. The lowest BCUT2D eigenvalue weighted by Crippen LogP contribution is -2.31. The lowest BCUT2D eigenvalue weighted by Gasteiger charge is -2.13. The quantitative estimate of drug-likeness (QED) is 0.844. The molecule has 0 heterocycles. The summed E-state index contributed by atoms with van der Waals surface area (Å²) in [6.07, 6.45) is 0. The van der Waals surface area contributed by atoms with Gasteiger partial charge in [0, 0.05) is 18.2 Å². The molecule has 0 saturated heterocycles. The predicted octanol–water partition coefficient (Wildman–Crippen LogP) is 2.61. The molecule has 0 spiro atoms. The number of carbonyl (C=O) groups excluding carboxylic acids is 1. The summed E-state index contributed by atoms with van der Waals surface area (Å²) < 4.78 is 27.5. The molecule has 5 nitrogen and oxygen atoms in total. The van der Waals surface area contributed by atoms with Gasteiger partial charge in [-0.15, -0.1) is 0 Å². The highest BCUT2D eigenvalue weighted by Crippen LogP contribution is 2.16. The number of carbonyl (C=O) groups is 1. The van der Waals surface area contributed by atoms with E-state index >= 15 is 0 Å². The summed E-state index contributed by atoms with van der Waals surface area (Å²) in [5.41, 5.74) is 1.97. The monoisotopic (exact) mass is 346 g/mol. The zero-order valence-corrected chi connectivity index (χ0v) is 14.9. The van der Waals surface area contributed by atoms with Gasteiger partial charge in [0.2, 0.25) is 10.0 Å². The van der Waals surface area contributed by atoms with E-state index in [1.807, 2.05) is 44.2 Å². The predicted molar refractivity (Wildman–Crippen MR) is 94.2 cm³/mol. The Balaban J connectivity index is 2.22. The van der Waals surface area contributed by atoms with Gasteiger partial charge in [-0.1, -0.05) is 36.4 Å². The summed E-state index contributed by atoms with van der Waals surface area (Å²) in [6.45, 7) is 5.69. The maximum absolute atomic E-state index is 12.5. The molecule has 0 saturated carbocycles. The van der Waals surface area contributed by atoms with Crippen LogP contribution < -0.4 is 10.0 Å². The van der Waals surface area contributed by atoms with E-state index in [0.29, 0.717) is 5.56 Å². The summed E-state index contributed by atoms with van der Waals surface area (Å²) in [6, 6.07) is 13.8. The van der Waals surface area contributed by atoms with Crippen LogP contribution in [0.2, 0.25) is 0 Å². The molecule has 1 amide bonds. The standard InChI is InChI=1S/C18H22N2O3S/c1-13(2)20-18(21)17-11-16(10-9-14(17)3)24(22,23)19-12-15-7-5-4-6-8-15/h4-11,13,19H,12H2,1-3H3,(H,20,21). The third-order valence-corrected chi connectivity index (χ3v) is 4.89. The molecule has 2 aromatic carbocycles. The van der Waals surface area contributed by atoms with Crippen LogP contribution in [0.1, 0.15) is 35.3 Å². The Morgan fingerprint density at radius 2 is 1.75 bits per heavy atom. The van der Waals surface area contributed by atoms with Crippen LogP contribution in [0.3, 0.4) is 0 Å². The summed E-state index contributed by atoms with van der Waals surface area (Å²) in [4.78, 5) is 12.3. The van der Waals surface area contributed by atoms with Crippen molar-refractivity contribution in [3.8, 4) is 0 Å². The normalized spacial score (nSPS) is 11.5. The Hall–Kier alpha value is -2.18. The maximum Gasteiger partial charge on any atom is 0.251 e. The number of sulfonamides is 1. The van der Waals surface area contributed by atoms with Crippen LogP contribution in [0.5, 0.6) is 0 Å². The third-order valence-electron chi connectivity index (χ3n) is 3.49. The molecule has 2 aromatic rings. The number of nitrogens with one attached hydrogen (secondary N) is 2. The molecule has 0 bridgehead atoms. The second kappa shape index (κ2) is 7.59. The van der Waals surface area contributed by atoms with E-state index in [0.717, 1.165) is 11.1 Å². The van der Waals surface area contributed by atoms with E-state index in [9.17, 15) is 13.2 Å². The Kier molecular flexibility index (Phi) is 5.75. The molecule has 0 fully saturated rings. The number of benzene rings is 2. The van der Waals surface area contributed by atoms with Gasteiger partial charge < -0.3 is 5.32 Å². The van der Waals surface area contributed by atoms with Crippen LogP contribution in [-0.4, -0.2) is 20.4 Å². The molecule has 0 unspecified atom stereocenters. The van der Waals surface area contributed by atoms with Gasteiger partial charge in [0.05, 0.1) is 4.90 Å². The van der Waals surface area contributed by atoms with Gasteiger partial charge in [0.25, 0.3) is 5.91 Å². The zero-order valence-electron chi connectivity index (χ0n) is 14.0. The van der Waals surface area contributed by atoms with E-state index in [-0.39, 0.29) is 23.4 Å². The Morgan fingerprint density at radius 1 is 1.08 bits per heavy atom. The van der Waals surface area contributed by atoms with Gasteiger partial charge >= 0.3 is 0 Å². The van der Waals surface area contributed by atoms with Gasteiger partial charge in [-0.25, -0.2) is 13.1 Å². The molecule has 0 aliphatic heterocycles. The van der Waals surface area contributed by atoms with Crippen LogP contribution in [-0.2, 0) is 16.6 Å². The van der Waals surface area contributed by atoms with Crippen LogP contribution in [0.15, 0.2) is 53.4 Å². The number of amides is 1. The Labute approximate surface area is 143 Å². The van der Waals surface area contributed by atoms with Crippen molar-refractivity contribution >= 4 is 15.9 Å². The van der Waals surface area contributed by atoms with Gasteiger partial charge in [-0.05, 0) is 44.0 Å². The molecule has 0 atom stereocenters. The second-order valence-electron chi connectivity index (χ2n) is 5.92. The highest BCUT2D eigenvalue weighted by Gasteiger charge is 2.18. The molecule has 0 radical (unpaired) electrons. The molecule has 2 rings (SSSR count). The van der Waals surface area contributed by atoms with Gasteiger partial charge in [0.15, 0.2) is 0 Å². The number of aryl methyl sites for hydroxylation is 1.